The highest BCUT2D eigenvalue weighted by Crippen LogP contribution is 2.45. The molecular weight excluding hydrogens is 480 g/mol. The molecule has 2 aromatic carbocycles. The number of amides is 1. The molecule has 2 aromatic heterocycles. The van der Waals surface area contributed by atoms with Gasteiger partial charge in [0, 0.05) is 6.07 Å². The number of hydrogen-bond donors (Lipinski definition) is 1. The number of halogens is 2. The van der Waals surface area contributed by atoms with E-state index >= 15 is 0 Å². The molecule has 1 aliphatic heterocycles. The minimum absolute atomic E-state index is 0.0440. The summed E-state index contributed by atoms with van der Waals surface area (Å²) in [5, 5.41) is 11.6. The summed E-state index contributed by atoms with van der Waals surface area (Å²) in [5.74, 6) is -3.68. The van der Waals surface area contributed by atoms with Crippen molar-refractivity contribution in [3.8, 4) is 0 Å². The largest absolute Gasteiger partial charge is 0.503 e. The van der Waals surface area contributed by atoms with Crippen LogP contribution in [0.15, 0.2) is 47.7 Å². The SMILES string of the molecule is Cc1cccc(C2C(C(=O)c3sc(C)nc3C)=C(O)C(=O)N2c2nc3c(F)cc(F)cc3s2)c1. The quantitative estimate of drug-likeness (QED) is 0.364. The van der Waals surface area contributed by atoms with Gasteiger partial charge in [0.15, 0.2) is 16.7 Å². The van der Waals surface area contributed by atoms with Gasteiger partial charge in [0.25, 0.3) is 5.91 Å². The lowest BCUT2D eigenvalue weighted by atomic mass is 9.94. The summed E-state index contributed by atoms with van der Waals surface area (Å²) in [7, 11) is 0. The Balaban J connectivity index is 1.71. The summed E-state index contributed by atoms with van der Waals surface area (Å²) >= 11 is 2.08. The molecule has 1 atom stereocenters. The van der Waals surface area contributed by atoms with E-state index in [1.54, 1.807) is 32.0 Å². The Morgan fingerprint density at radius 1 is 1.09 bits per heavy atom. The van der Waals surface area contributed by atoms with Gasteiger partial charge >= 0.3 is 0 Å². The normalized spacial score (nSPS) is 16.2. The second kappa shape index (κ2) is 8.07. The molecule has 0 spiro atoms. The van der Waals surface area contributed by atoms with Crippen molar-refractivity contribution >= 4 is 49.7 Å². The van der Waals surface area contributed by atoms with Crippen LogP contribution in [0.1, 0.15) is 37.5 Å². The number of aliphatic hydroxyl groups is 1. The van der Waals surface area contributed by atoms with Crippen molar-refractivity contribution in [2.45, 2.75) is 26.8 Å². The molecular formula is C24H17F2N3O3S2. The van der Waals surface area contributed by atoms with Crippen molar-refractivity contribution in [1.29, 1.82) is 0 Å². The Bertz CT molecular complexity index is 1540. The lowest BCUT2D eigenvalue weighted by molar-refractivity contribution is -0.117. The van der Waals surface area contributed by atoms with Crippen LogP contribution in [0.4, 0.5) is 13.9 Å². The number of aliphatic hydroxyl groups excluding tert-OH is 1. The summed E-state index contributed by atoms with van der Waals surface area (Å²) < 4.78 is 28.3. The summed E-state index contributed by atoms with van der Waals surface area (Å²) in [6.07, 6.45) is 0. The second-order valence-electron chi connectivity index (χ2n) is 7.96. The third-order valence-corrected chi connectivity index (χ3v) is 7.60. The van der Waals surface area contributed by atoms with Gasteiger partial charge in [-0.2, -0.15) is 0 Å². The predicted molar refractivity (Wildman–Crippen MR) is 127 cm³/mol. The Kier molecular flexibility index (Phi) is 5.29. The Labute approximate surface area is 200 Å². The van der Waals surface area contributed by atoms with Crippen LogP contribution in [-0.4, -0.2) is 26.8 Å². The Morgan fingerprint density at radius 3 is 2.53 bits per heavy atom. The van der Waals surface area contributed by atoms with E-state index in [4.69, 9.17) is 0 Å². The highest BCUT2D eigenvalue weighted by Gasteiger charge is 2.46. The minimum atomic E-state index is -1.00. The van der Waals surface area contributed by atoms with Gasteiger partial charge in [0.05, 0.1) is 31.9 Å². The average molecular weight is 498 g/mol. The topological polar surface area (TPSA) is 83.4 Å². The maximum Gasteiger partial charge on any atom is 0.296 e. The monoisotopic (exact) mass is 497 g/mol. The molecule has 34 heavy (non-hydrogen) atoms. The van der Waals surface area contributed by atoms with E-state index in [2.05, 4.69) is 9.97 Å². The lowest BCUT2D eigenvalue weighted by Gasteiger charge is -2.24. The minimum Gasteiger partial charge on any atom is -0.503 e. The Hall–Kier alpha value is -3.50. The predicted octanol–water partition coefficient (Wildman–Crippen LogP) is 5.74. The first kappa shape index (κ1) is 22.3. The van der Waals surface area contributed by atoms with Gasteiger partial charge in [-0.25, -0.2) is 18.7 Å². The van der Waals surface area contributed by atoms with E-state index < -0.39 is 35.1 Å². The summed E-state index contributed by atoms with van der Waals surface area (Å²) in [6.45, 7) is 5.32. The molecule has 3 heterocycles. The van der Waals surface area contributed by atoms with Crippen LogP contribution < -0.4 is 4.90 Å². The van der Waals surface area contributed by atoms with Gasteiger partial charge in [-0.15, -0.1) is 11.3 Å². The number of aromatic nitrogens is 2. The van der Waals surface area contributed by atoms with Gasteiger partial charge in [-0.1, -0.05) is 41.2 Å². The number of thiazole rings is 2. The summed E-state index contributed by atoms with van der Waals surface area (Å²) in [6, 6.07) is 8.02. The first-order chi connectivity index (χ1) is 16.2. The van der Waals surface area contributed by atoms with Crippen LogP contribution in [-0.2, 0) is 4.79 Å². The van der Waals surface area contributed by atoms with Crippen LogP contribution in [0, 0.1) is 32.4 Å². The first-order valence-electron chi connectivity index (χ1n) is 10.2. The molecule has 0 bridgehead atoms. The number of benzene rings is 2. The van der Waals surface area contributed by atoms with E-state index in [-0.39, 0.29) is 20.9 Å². The van der Waals surface area contributed by atoms with E-state index in [9.17, 15) is 23.5 Å². The molecule has 172 valence electrons. The number of rotatable bonds is 4. The molecule has 1 N–H and O–H groups in total. The molecule has 5 rings (SSSR count). The van der Waals surface area contributed by atoms with E-state index in [1.165, 1.54) is 16.2 Å². The first-order valence-corrected chi connectivity index (χ1v) is 11.9. The number of carbonyl (C=O) groups is 2. The van der Waals surface area contributed by atoms with Crippen LogP contribution in [0.5, 0.6) is 0 Å². The number of nitrogens with zero attached hydrogens (tertiary/aromatic N) is 3. The van der Waals surface area contributed by atoms with Crippen molar-refractivity contribution in [2.75, 3.05) is 4.90 Å². The second-order valence-corrected chi connectivity index (χ2v) is 10.2. The fourth-order valence-electron chi connectivity index (χ4n) is 4.10. The van der Waals surface area contributed by atoms with E-state index in [0.717, 1.165) is 29.0 Å². The van der Waals surface area contributed by atoms with E-state index in [0.29, 0.717) is 21.1 Å². The molecule has 6 nitrogen and oxygen atoms in total. The van der Waals surface area contributed by atoms with Gasteiger partial charge < -0.3 is 5.11 Å². The molecule has 4 aromatic rings. The van der Waals surface area contributed by atoms with Crippen LogP contribution in [0.3, 0.4) is 0 Å². The highest BCUT2D eigenvalue weighted by molar-refractivity contribution is 7.22. The Morgan fingerprint density at radius 2 is 1.85 bits per heavy atom. The highest BCUT2D eigenvalue weighted by atomic mass is 32.1. The van der Waals surface area contributed by atoms with Crippen LogP contribution in [0.25, 0.3) is 10.2 Å². The smallest absolute Gasteiger partial charge is 0.296 e. The third-order valence-electron chi connectivity index (χ3n) is 5.53. The van der Waals surface area contributed by atoms with Crippen molar-refractivity contribution in [2.24, 2.45) is 0 Å². The fourth-order valence-corrected chi connectivity index (χ4v) is 6.01. The maximum absolute atomic E-state index is 14.3. The zero-order chi connectivity index (χ0) is 24.3. The number of aryl methyl sites for hydroxylation is 3. The molecule has 1 aliphatic rings. The van der Waals surface area contributed by atoms with Gasteiger partial charge in [-0.3, -0.25) is 14.5 Å². The third kappa shape index (κ3) is 3.50. The molecule has 10 heteroatoms. The molecule has 1 amide bonds. The van der Waals surface area contributed by atoms with Crippen LogP contribution >= 0.6 is 22.7 Å². The molecule has 0 radical (unpaired) electrons. The maximum atomic E-state index is 14.3. The average Bonchev–Trinajstić information content (AvgIpc) is 3.41. The lowest BCUT2D eigenvalue weighted by Crippen LogP contribution is -2.31. The number of carbonyl (C=O) groups excluding carboxylic acids is 2. The number of ketones is 1. The molecule has 0 aliphatic carbocycles. The van der Waals surface area contributed by atoms with Gasteiger partial charge in [0.2, 0.25) is 5.78 Å². The number of hydrogen-bond acceptors (Lipinski definition) is 7. The van der Waals surface area contributed by atoms with Crippen molar-refractivity contribution < 1.29 is 23.5 Å². The molecule has 0 saturated carbocycles. The number of fused-ring (bicyclic) bond motifs is 1. The summed E-state index contributed by atoms with van der Waals surface area (Å²) in [5.41, 5.74) is 1.76. The fraction of sp³-hybridized carbons (Fsp3) is 0.167. The van der Waals surface area contributed by atoms with Gasteiger partial charge in [-0.05, 0) is 32.4 Å². The summed E-state index contributed by atoms with van der Waals surface area (Å²) in [4.78, 5) is 36.9. The van der Waals surface area contributed by atoms with Crippen molar-refractivity contribution in [3.05, 3.63) is 86.1 Å². The van der Waals surface area contributed by atoms with Crippen LogP contribution in [0.2, 0.25) is 0 Å². The van der Waals surface area contributed by atoms with E-state index in [1.807, 2.05) is 13.0 Å². The standard InChI is InChI=1S/C24H17F2N3O3S2/c1-10-5-4-6-13(7-10)19-17(20(30)22-11(2)27-12(3)33-22)21(31)23(32)29(19)24-28-18-15(26)8-14(25)9-16(18)34-24/h4-9,19,31H,1-3H3. The number of Topliss-reactive ketones (excluding diaryl/α,β-unsaturated/α-hetero) is 1. The number of anilines is 1. The molecule has 0 fully saturated rings. The molecule has 0 saturated heterocycles. The van der Waals surface area contributed by atoms with Gasteiger partial charge in [0.1, 0.15) is 11.3 Å². The van der Waals surface area contributed by atoms with Crippen molar-refractivity contribution in [1.82, 2.24) is 9.97 Å². The zero-order valence-corrected chi connectivity index (χ0v) is 19.9. The van der Waals surface area contributed by atoms with Crippen molar-refractivity contribution in [3.63, 3.8) is 0 Å². The molecule has 1 unspecified atom stereocenters. The zero-order valence-electron chi connectivity index (χ0n) is 18.2.